The van der Waals surface area contributed by atoms with Gasteiger partial charge in [-0.3, -0.25) is 10.1 Å². The van der Waals surface area contributed by atoms with Crippen LogP contribution in [0.2, 0.25) is 0 Å². The van der Waals surface area contributed by atoms with E-state index >= 15 is 0 Å². The topological polar surface area (TPSA) is 107 Å². The van der Waals surface area contributed by atoms with E-state index < -0.39 is 16.6 Å². The molecular weight excluding hydrogens is 298 g/mol. The maximum atomic E-state index is 11.4. The zero-order valence-corrected chi connectivity index (χ0v) is 13.7. The first-order valence-electron chi connectivity index (χ1n) is 7.10. The summed E-state index contributed by atoms with van der Waals surface area (Å²) in [5.74, 6) is 5.72. The summed E-state index contributed by atoms with van der Waals surface area (Å²) in [5, 5.41) is 13.4. The normalized spacial score (nSPS) is 10.4. The van der Waals surface area contributed by atoms with Crippen molar-refractivity contribution in [1.29, 1.82) is 0 Å². The van der Waals surface area contributed by atoms with Crippen molar-refractivity contribution in [3.8, 4) is 11.8 Å². The number of nitro groups is 1. The minimum absolute atomic E-state index is 0.0281. The van der Waals surface area contributed by atoms with Crippen molar-refractivity contribution in [2.24, 2.45) is 0 Å². The van der Waals surface area contributed by atoms with Crippen LogP contribution in [-0.4, -0.2) is 23.2 Å². The molecule has 1 aromatic rings. The lowest BCUT2D eigenvalue weighted by atomic mass is 10.1. The number of alkyl carbamates (subject to hydrolysis) is 1. The molecule has 0 atom stereocenters. The van der Waals surface area contributed by atoms with Gasteiger partial charge in [-0.05, 0) is 33.8 Å². The van der Waals surface area contributed by atoms with Crippen LogP contribution in [0.5, 0.6) is 0 Å². The van der Waals surface area contributed by atoms with Gasteiger partial charge in [-0.1, -0.05) is 11.8 Å². The molecule has 1 aromatic carbocycles. The van der Waals surface area contributed by atoms with Crippen molar-refractivity contribution in [3.63, 3.8) is 0 Å². The molecule has 3 N–H and O–H groups in total. The number of rotatable bonds is 3. The molecule has 124 valence electrons. The van der Waals surface area contributed by atoms with Crippen LogP contribution in [0, 0.1) is 28.9 Å². The van der Waals surface area contributed by atoms with E-state index in [2.05, 4.69) is 17.2 Å². The number of carbonyl (C=O) groups is 1. The van der Waals surface area contributed by atoms with Crippen LogP contribution in [-0.2, 0) is 4.74 Å². The third-order valence-electron chi connectivity index (χ3n) is 2.71. The molecule has 0 fully saturated rings. The number of carbonyl (C=O) groups excluding carboxylic acids is 1. The summed E-state index contributed by atoms with van der Waals surface area (Å²) in [4.78, 5) is 21.8. The second kappa shape index (κ2) is 7.49. The molecule has 1 amide bonds. The van der Waals surface area contributed by atoms with E-state index in [1.165, 1.54) is 6.07 Å². The molecule has 0 aliphatic rings. The van der Waals surface area contributed by atoms with Gasteiger partial charge < -0.3 is 15.8 Å². The minimum Gasteiger partial charge on any atom is -0.444 e. The zero-order chi connectivity index (χ0) is 17.6. The van der Waals surface area contributed by atoms with Crippen LogP contribution in [0.4, 0.5) is 16.2 Å². The number of nitrogens with one attached hydrogen (secondary N) is 1. The number of nitro benzene ring substituents is 1. The summed E-state index contributed by atoms with van der Waals surface area (Å²) in [6.07, 6.45) is -0.0839. The predicted molar refractivity (Wildman–Crippen MR) is 88.0 cm³/mol. The van der Waals surface area contributed by atoms with Gasteiger partial charge in [-0.2, -0.15) is 0 Å². The highest BCUT2D eigenvalue weighted by Crippen LogP contribution is 2.24. The third kappa shape index (κ3) is 6.26. The molecule has 0 unspecified atom stereocenters. The van der Waals surface area contributed by atoms with Crippen LogP contribution in [0.15, 0.2) is 12.1 Å². The molecule has 7 heteroatoms. The Morgan fingerprint density at radius 3 is 2.65 bits per heavy atom. The predicted octanol–water partition coefficient (Wildman–Crippen LogP) is 2.75. The molecule has 1 rings (SSSR count). The Labute approximate surface area is 135 Å². The summed E-state index contributed by atoms with van der Waals surface area (Å²) in [5.41, 5.74) is 6.49. The van der Waals surface area contributed by atoms with E-state index in [0.717, 1.165) is 0 Å². The summed E-state index contributed by atoms with van der Waals surface area (Å²) < 4.78 is 5.09. The van der Waals surface area contributed by atoms with Crippen molar-refractivity contribution >= 4 is 17.5 Å². The smallest absolute Gasteiger partial charge is 0.407 e. The number of nitrogens with two attached hydrogens (primary N) is 1. The van der Waals surface area contributed by atoms with E-state index in [4.69, 9.17) is 10.5 Å². The quantitative estimate of drug-likeness (QED) is 0.293. The molecule has 0 saturated heterocycles. The molecule has 0 aliphatic carbocycles. The standard InChI is InChI=1S/C16H21N3O4/c1-11-9-12(13(17)10-14(11)19(21)22)7-5-6-8-18-15(20)23-16(2,3)4/h9-10H,6,8,17H2,1-4H3,(H,18,20). The molecule has 7 nitrogen and oxygen atoms in total. The molecule has 0 aromatic heterocycles. The Bertz CT molecular complexity index is 666. The highest BCUT2D eigenvalue weighted by atomic mass is 16.6. The average Bonchev–Trinajstić information content (AvgIpc) is 2.39. The van der Waals surface area contributed by atoms with Gasteiger partial charge in [0.1, 0.15) is 5.60 Å². The number of amides is 1. The van der Waals surface area contributed by atoms with Crippen LogP contribution < -0.4 is 11.1 Å². The van der Waals surface area contributed by atoms with Gasteiger partial charge in [0.15, 0.2) is 0 Å². The van der Waals surface area contributed by atoms with Crippen molar-refractivity contribution in [1.82, 2.24) is 5.32 Å². The first kappa shape index (κ1) is 18.3. The lowest BCUT2D eigenvalue weighted by molar-refractivity contribution is -0.385. The first-order chi connectivity index (χ1) is 10.6. The molecule has 0 aliphatic heterocycles. The number of nitrogens with zero attached hydrogens (tertiary/aromatic N) is 1. The van der Waals surface area contributed by atoms with E-state index in [1.54, 1.807) is 33.8 Å². The Kier molecular flexibility index (Phi) is 5.96. The van der Waals surface area contributed by atoms with Gasteiger partial charge in [-0.15, -0.1) is 0 Å². The highest BCUT2D eigenvalue weighted by Gasteiger charge is 2.15. The Morgan fingerprint density at radius 1 is 1.43 bits per heavy atom. The molecular formula is C16H21N3O4. The average molecular weight is 319 g/mol. The fourth-order valence-corrected chi connectivity index (χ4v) is 1.72. The largest absolute Gasteiger partial charge is 0.444 e. The van der Waals surface area contributed by atoms with Crippen molar-refractivity contribution in [2.75, 3.05) is 12.3 Å². The fourth-order valence-electron chi connectivity index (χ4n) is 1.72. The summed E-state index contributed by atoms with van der Waals surface area (Å²) in [6.45, 7) is 7.32. The monoisotopic (exact) mass is 319 g/mol. The van der Waals surface area contributed by atoms with Crippen molar-refractivity contribution in [2.45, 2.75) is 39.7 Å². The zero-order valence-electron chi connectivity index (χ0n) is 13.7. The molecule has 23 heavy (non-hydrogen) atoms. The van der Waals surface area contributed by atoms with E-state index in [0.29, 0.717) is 24.1 Å². The maximum absolute atomic E-state index is 11.4. The third-order valence-corrected chi connectivity index (χ3v) is 2.71. The molecule has 0 bridgehead atoms. The van der Waals surface area contributed by atoms with E-state index in [9.17, 15) is 14.9 Å². The molecule has 0 spiro atoms. The molecule has 0 radical (unpaired) electrons. The number of benzene rings is 1. The lowest BCUT2D eigenvalue weighted by Crippen LogP contribution is -2.32. The van der Waals surface area contributed by atoms with Gasteiger partial charge in [0.2, 0.25) is 0 Å². The number of nitrogen functional groups attached to an aromatic ring is 1. The van der Waals surface area contributed by atoms with Gasteiger partial charge in [-0.25, -0.2) is 4.79 Å². The van der Waals surface area contributed by atoms with Crippen molar-refractivity contribution < 1.29 is 14.5 Å². The van der Waals surface area contributed by atoms with Crippen LogP contribution in [0.3, 0.4) is 0 Å². The van der Waals surface area contributed by atoms with Crippen molar-refractivity contribution in [3.05, 3.63) is 33.4 Å². The molecule has 0 saturated carbocycles. The number of anilines is 1. The summed E-state index contributed by atoms with van der Waals surface area (Å²) in [7, 11) is 0. The highest BCUT2D eigenvalue weighted by molar-refractivity contribution is 5.67. The van der Waals surface area contributed by atoms with E-state index in [-0.39, 0.29) is 11.4 Å². The van der Waals surface area contributed by atoms with Gasteiger partial charge in [0.25, 0.3) is 5.69 Å². The fraction of sp³-hybridized carbons (Fsp3) is 0.438. The number of hydrogen-bond acceptors (Lipinski definition) is 5. The van der Waals surface area contributed by atoms with Crippen LogP contribution in [0.1, 0.15) is 38.3 Å². The Hall–Kier alpha value is -2.75. The van der Waals surface area contributed by atoms with Crippen LogP contribution in [0.25, 0.3) is 0 Å². The summed E-state index contributed by atoms with van der Waals surface area (Å²) >= 11 is 0. The van der Waals surface area contributed by atoms with Crippen LogP contribution >= 0.6 is 0 Å². The van der Waals surface area contributed by atoms with Gasteiger partial charge in [0, 0.05) is 30.2 Å². The Balaban J connectivity index is 2.59. The second-order valence-corrected chi connectivity index (χ2v) is 5.96. The summed E-state index contributed by atoms with van der Waals surface area (Å²) in [6, 6.07) is 2.89. The lowest BCUT2D eigenvalue weighted by Gasteiger charge is -2.19. The molecule has 0 heterocycles. The van der Waals surface area contributed by atoms with Gasteiger partial charge in [0.05, 0.1) is 10.6 Å². The number of aryl methyl sites for hydroxylation is 1. The number of hydrogen-bond donors (Lipinski definition) is 2. The number of ether oxygens (including phenoxy) is 1. The maximum Gasteiger partial charge on any atom is 0.407 e. The Morgan fingerprint density at radius 2 is 2.09 bits per heavy atom. The minimum atomic E-state index is -0.541. The van der Waals surface area contributed by atoms with E-state index in [1.807, 2.05) is 0 Å². The second-order valence-electron chi connectivity index (χ2n) is 5.96. The first-order valence-corrected chi connectivity index (χ1v) is 7.10. The SMILES string of the molecule is Cc1cc(C#CCCNC(=O)OC(C)(C)C)c(N)cc1[N+](=O)[O-]. The van der Waals surface area contributed by atoms with Gasteiger partial charge >= 0.3 is 6.09 Å².